The average molecular weight is 227 g/mol. The molecule has 0 bridgehead atoms. The van der Waals surface area contributed by atoms with Crippen LogP contribution < -0.4 is 5.73 Å². The van der Waals surface area contributed by atoms with Crippen molar-refractivity contribution in [2.24, 2.45) is 11.1 Å². The van der Waals surface area contributed by atoms with Crippen LogP contribution in [0.4, 0.5) is 0 Å². The van der Waals surface area contributed by atoms with E-state index < -0.39 is 0 Å². The molecular formula is C13H29N3. The van der Waals surface area contributed by atoms with E-state index in [1.54, 1.807) is 0 Å². The van der Waals surface area contributed by atoms with Crippen LogP contribution in [-0.4, -0.2) is 55.6 Å². The Labute approximate surface area is 101 Å². The molecule has 2 N–H and O–H groups in total. The fraction of sp³-hybridized carbons (Fsp3) is 1.00. The highest BCUT2D eigenvalue weighted by atomic mass is 15.2. The molecule has 1 rings (SSSR count). The molecule has 0 saturated carbocycles. The van der Waals surface area contributed by atoms with Crippen LogP contribution in [0.2, 0.25) is 0 Å². The van der Waals surface area contributed by atoms with Gasteiger partial charge in [-0.05, 0) is 38.4 Å². The van der Waals surface area contributed by atoms with Crippen LogP contribution in [0.1, 0.15) is 33.6 Å². The van der Waals surface area contributed by atoms with E-state index in [0.29, 0.717) is 6.04 Å². The van der Waals surface area contributed by atoms with Crippen molar-refractivity contribution in [3.63, 3.8) is 0 Å². The largest absolute Gasteiger partial charge is 0.329 e. The van der Waals surface area contributed by atoms with Crippen molar-refractivity contribution >= 4 is 0 Å². The second-order valence-electron chi connectivity index (χ2n) is 6.15. The molecule has 1 heterocycles. The summed E-state index contributed by atoms with van der Waals surface area (Å²) >= 11 is 0. The summed E-state index contributed by atoms with van der Waals surface area (Å²) in [6, 6.07) is 0.482. The third-order valence-electron chi connectivity index (χ3n) is 3.72. The minimum Gasteiger partial charge on any atom is -0.329 e. The number of hydrogen-bond acceptors (Lipinski definition) is 3. The number of likely N-dealkylation sites (N-methyl/N-ethyl adjacent to an activating group) is 1. The Bertz CT molecular complexity index is 192. The summed E-state index contributed by atoms with van der Waals surface area (Å²) < 4.78 is 0. The first-order valence-corrected chi connectivity index (χ1v) is 6.58. The first-order valence-electron chi connectivity index (χ1n) is 6.58. The van der Waals surface area contributed by atoms with E-state index in [2.05, 4.69) is 37.6 Å². The molecular weight excluding hydrogens is 198 g/mol. The lowest BCUT2D eigenvalue weighted by Crippen LogP contribution is -2.48. The maximum atomic E-state index is 5.89. The van der Waals surface area contributed by atoms with Crippen molar-refractivity contribution in [1.29, 1.82) is 0 Å². The lowest BCUT2D eigenvalue weighted by molar-refractivity contribution is 0.120. The van der Waals surface area contributed by atoms with Gasteiger partial charge in [0.05, 0.1) is 0 Å². The third kappa shape index (κ3) is 4.04. The van der Waals surface area contributed by atoms with Gasteiger partial charge in [0.15, 0.2) is 0 Å². The van der Waals surface area contributed by atoms with Gasteiger partial charge in [-0.2, -0.15) is 0 Å². The van der Waals surface area contributed by atoms with Crippen LogP contribution in [0.5, 0.6) is 0 Å². The minimum atomic E-state index is 0.272. The molecule has 1 saturated heterocycles. The average Bonchev–Trinajstić information content (AvgIpc) is 2.65. The first-order chi connectivity index (χ1) is 7.45. The second kappa shape index (κ2) is 5.99. The fourth-order valence-corrected chi connectivity index (χ4v) is 2.66. The Morgan fingerprint density at radius 1 is 1.25 bits per heavy atom. The molecule has 1 fully saturated rings. The minimum absolute atomic E-state index is 0.272. The summed E-state index contributed by atoms with van der Waals surface area (Å²) in [6.07, 6.45) is 2.76. The molecule has 0 aromatic heterocycles. The number of rotatable bonds is 5. The number of nitrogens with two attached hydrogens (primary N) is 1. The quantitative estimate of drug-likeness (QED) is 0.770. The van der Waals surface area contributed by atoms with Crippen LogP contribution in [0, 0.1) is 5.41 Å². The highest BCUT2D eigenvalue weighted by molar-refractivity contribution is 4.83. The Morgan fingerprint density at radius 2 is 1.81 bits per heavy atom. The van der Waals surface area contributed by atoms with Crippen molar-refractivity contribution in [3.05, 3.63) is 0 Å². The summed E-state index contributed by atoms with van der Waals surface area (Å²) in [6.45, 7) is 12.5. The summed E-state index contributed by atoms with van der Waals surface area (Å²) in [5.41, 5.74) is 6.16. The molecule has 3 heteroatoms. The molecule has 0 aromatic rings. The van der Waals surface area contributed by atoms with Gasteiger partial charge in [-0.1, -0.05) is 20.8 Å². The Hall–Kier alpha value is -0.120. The van der Waals surface area contributed by atoms with Crippen LogP contribution in [0.15, 0.2) is 0 Å². The predicted molar refractivity (Wildman–Crippen MR) is 70.6 cm³/mol. The van der Waals surface area contributed by atoms with Crippen molar-refractivity contribution < 1.29 is 0 Å². The molecule has 1 unspecified atom stereocenters. The van der Waals surface area contributed by atoms with E-state index in [1.165, 1.54) is 32.5 Å². The summed E-state index contributed by atoms with van der Waals surface area (Å²) in [5, 5.41) is 0. The zero-order valence-corrected chi connectivity index (χ0v) is 11.5. The molecule has 96 valence electrons. The standard InChI is InChI=1S/C13H29N3/c1-13(2,3)12(11-14)15(4)9-10-16-7-5-6-8-16/h12H,5-11,14H2,1-4H3. The summed E-state index contributed by atoms with van der Waals surface area (Å²) in [5.74, 6) is 0. The van der Waals surface area contributed by atoms with Gasteiger partial charge >= 0.3 is 0 Å². The zero-order chi connectivity index (χ0) is 12.2. The Morgan fingerprint density at radius 3 is 2.25 bits per heavy atom. The Balaban J connectivity index is 2.34. The normalized spacial score (nSPS) is 20.6. The zero-order valence-electron chi connectivity index (χ0n) is 11.5. The first kappa shape index (κ1) is 13.9. The summed E-state index contributed by atoms with van der Waals surface area (Å²) in [7, 11) is 2.21. The topological polar surface area (TPSA) is 32.5 Å². The van der Waals surface area contributed by atoms with Gasteiger partial charge in [-0.15, -0.1) is 0 Å². The van der Waals surface area contributed by atoms with Crippen LogP contribution in [0.3, 0.4) is 0 Å². The van der Waals surface area contributed by atoms with Gasteiger partial charge in [0.1, 0.15) is 0 Å². The van der Waals surface area contributed by atoms with Gasteiger partial charge in [-0.3, -0.25) is 0 Å². The molecule has 0 spiro atoms. The van der Waals surface area contributed by atoms with Gasteiger partial charge in [0, 0.05) is 25.7 Å². The maximum Gasteiger partial charge on any atom is 0.0264 e. The number of hydrogen-bond donors (Lipinski definition) is 1. The molecule has 0 amide bonds. The van der Waals surface area contributed by atoms with E-state index in [9.17, 15) is 0 Å². The van der Waals surface area contributed by atoms with E-state index in [1.807, 2.05) is 0 Å². The maximum absolute atomic E-state index is 5.89. The number of nitrogens with zero attached hydrogens (tertiary/aromatic N) is 2. The number of likely N-dealkylation sites (tertiary alicyclic amines) is 1. The monoisotopic (exact) mass is 227 g/mol. The lowest BCUT2D eigenvalue weighted by atomic mass is 9.86. The summed E-state index contributed by atoms with van der Waals surface area (Å²) in [4.78, 5) is 4.99. The SMILES string of the molecule is CN(CCN1CCCC1)C(CN)C(C)(C)C. The van der Waals surface area contributed by atoms with Gasteiger partial charge in [-0.25, -0.2) is 0 Å². The molecule has 0 aromatic carbocycles. The van der Waals surface area contributed by atoms with E-state index in [4.69, 9.17) is 5.73 Å². The molecule has 16 heavy (non-hydrogen) atoms. The van der Waals surface area contributed by atoms with Gasteiger partial charge < -0.3 is 15.5 Å². The van der Waals surface area contributed by atoms with Crippen molar-refractivity contribution in [2.45, 2.75) is 39.7 Å². The van der Waals surface area contributed by atoms with E-state index in [0.717, 1.165) is 13.1 Å². The molecule has 0 radical (unpaired) electrons. The molecule has 3 nitrogen and oxygen atoms in total. The smallest absolute Gasteiger partial charge is 0.0264 e. The predicted octanol–water partition coefficient (Wildman–Crippen LogP) is 1.39. The van der Waals surface area contributed by atoms with Gasteiger partial charge in [0.25, 0.3) is 0 Å². The molecule has 1 atom stereocenters. The Kier molecular flexibility index (Phi) is 5.22. The van der Waals surface area contributed by atoms with Crippen LogP contribution >= 0.6 is 0 Å². The van der Waals surface area contributed by atoms with Crippen molar-refractivity contribution in [1.82, 2.24) is 9.80 Å². The van der Waals surface area contributed by atoms with Crippen LogP contribution in [0.25, 0.3) is 0 Å². The lowest BCUT2D eigenvalue weighted by Gasteiger charge is -2.38. The molecule has 0 aliphatic carbocycles. The van der Waals surface area contributed by atoms with E-state index in [-0.39, 0.29) is 5.41 Å². The molecule has 1 aliphatic rings. The highest BCUT2D eigenvalue weighted by Gasteiger charge is 2.27. The molecule has 1 aliphatic heterocycles. The highest BCUT2D eigenvalue weighted by Crippen LogP contribution is 2.22. The van der Waals surface area contributed by atoms with Crippen LogP contribution in [-0.2, 0) is 0 Å². The fourth-order valence-electron chi connectivity index (χ4n) is 2.66. The van der Waals surface area contributed by atoms with Gasteiger partial charge in [0.2, 0.25) is 0 Å². The second-order valence-corrected chi connectivity index (χ2v) is 6.15. The van der Waals surface area contributed by atoms with Crippen molar-refractivity contribution in [2.75, 3.05) is 39.8 Å². The third-order valence-corrected chi connectivity index (χ3v) is 3.72. The van der Waals surface area contributed by atoms with Crippen molar-refractivity contribution in [3.8, 4) is 0 Å². The van der Waals surface area contributed by atoms with E-state index >= 15 is 0 Å².